The molecule has 1 heterocycles. The van der Waals surface area contributed by atoms with E-state index in [1.807, 2.05) is 5.48 Å². The van der Waals surface area contributed by atoms with Crippen LogP contribution in [0.1, 0.15) is 5.56 Å². The Balaban J connectivity index is 1.89. The van der Waals surface area contributed by atoms with Crippen LogP contribution in [-0.4, -0.2) is 51.4 Å². The minimum absolute atomic E-state index is 0.0692. The van der Waals surface area contributed by atoms with Crippen molar-refractivity contribution in [2.45, 2.75) is 0 Å². The predicted molar refractivity (Wildman–Crippen MR) is 98.9 cm³/mol. The summed E-state index contributed by atoms with van der Waals surface area (Å²) in [4.78, 5) is 33.8. The second kappa shape index (κ2) is 9.90. The van der Waals surface area contributed by atoms with E-state index in [2.05, 4.69) is 22.9 Å². The maximum absolute atomic E-state index is 12.1. The average Bonchev–Trinajstić information content (AvgIpc) is 2.97. The Morgan fingerprint density at radius 3 is 2.64 bits per heavy atom. The number of hydrazone groups is 1. The van der Waals surface area contributed by atoms with Crippen LogP contribution in [0.25, 0.3) is 5.76 Å². The number of carbonyl (C=O) groups excluding carboxylic acids is 2. The number of amides is 3. The van der Waals surface area contributed by atoms with Crippen LogP contribution in [0.4, 0.5) is 10.5 Å². The molecule has 1 aliphatic heterocycles. The van der Waals surface area contributed by atoms with Gasteiger partial charge in [-0.05, 0) is 24.3 Å². The fraction of sp³-hybridized carbons (Fsp3) is 0.133. The quantitative estimate of drug-likeness (QED) is 0.146. The van der Waals surface area contributed by atoms with Crippen LogP contribution < -0.4 is 11.4 Å². The molecule has 0 aliphatic carbocycles. The molecule has 12 nitrogen and oxygen atoms in total. The summed E-state index contributed by atoms with van der Waals surface area (Å²) in [5.74, 6) is 4.46. The van der Waals surface area contributed by atoms with Crippen molar-refractivity contribution in [3.8, 4) is 0 Å². The minimum atomic E-state index is -2.39. The van der Waals surface area contributed by atoms with Gasteiger partial charge in [-0.3, -0.25) is 20.0 Å². The van der Waals surface area contributed by atoms with Crippen LogP contribution in [0, 0.1) is 0 Å². The van der Waals surface area contributed by atoms with Crippen LogP contribution in [0.15, 0.2) is 48.3 Å². The van der Waals surface area contributed by atoms with Gasteiger partial charge in [-0.1, -0.05) is 13.2 Å². The zero-order valence-electron chi connectivity index (χ0n) is 14.5. The van der Waals surface area contributed by atoms with Crippen LogP contribution in [0.2, 0.25) is 0 Å². The molecule has 1 fully saturated rings. The summed E-state index contributed by atoms with van der Waals surface area (Å²) < 4.78 is 14.1. The van der Waals surface area contributed by atoms with Gasteiger partial charge in [0.1, 0.15) is 24.8 Å². The van der Waals surface area contributed by atoms with Crippen molar-refractivity contribution in [2.75, 3.05) is 18.8 Å². The van der Waals surface area contributed by atoms with Crippen LogP contribution in [0.5, 0.6) is 0 Å². The van der Waals surface area contributed by atoms with Gasteiger partial charge in [-0.15, -0.1) is 0 Å². The highest BCUT2D eigenvalue weighted by Gasteiger charge is 2.36. The lowest BCUT2D eigenvalue weighted by molar-refractivity contribution is -0.127. The van der Waals surface area contributed by atoms with Gasteiger partial charge in [0, 0.05) is 5.56 Å². The third-order valence-electron chi connectivity index (χ3n) is 3.36. The fourth-order valence-electron chi connectivity index (χ4n) is 1.99. The van der Waals surface area contributed by atoms with E-state index in [1.54, 1.807) is 24.3 Å². The molecule has 5 N–H and O–H groups in total. The highest BCUT2D eigenvalue weighted by atomic mass is 31.2. The maximum atomic E-state index is 12.1. The SMILES string of the molecule is C=C(/C=N/N1CC(=O)N(COP(O)ON)C1=O)OC(=C)c1ccc(NO)cc1. The van der Waals surface area contributed by atoms with Crippen molar-refractivity contribution in [2.24, 2.45) is 11.0 Å². The van der Waals surface area contributed by atoms with Gasteiger partial charge in [-0.2, -0.15) is 5.10 Å². The lowest BCUT2D eigenvalue weighted by Crippen LogP contribution is -2.33. The number of hydrogen-bond acceptors (Lipinski definition) is 10. The van der Waals surface area contributed by atoms with E-state index in [-0.39, 0.29) is 18.1 Å². The molecule has 0 radical (unpaired) electrons. The average molecular weight is 411 g/mol. The smallest absolute Gasteiger partial charge is 0.349 e. The highest BCUT2D eigenvalue weighted by molar-refractivity contribution is 7.40. The lowest BCUT2D eigenvalue weighted by Gasteiger charge is -2.15. The third-order valence-corrected chi connectivity index (χ3v) is 3.87. The van der Waals surface area contributed by atoms with E-state index in [9.17, 15) is 9.59 Å². The Labute approximate surface area is 161 Å². The van der Waals surface area contributed by atoms with Crippen LogP contribution in [0.3, 0.4) is 0 Å². The van der Waals surface area contributed by atoms with Gasteiger partial charge in [0.25, 0.3) is 5.91 Å². The van der Waals surface area contributed by atoms with Gasteiger partial charge < -0.3 is 9.63 Å². The first-order valence-electron chi connectivity index (χ1n) is 7.56. The van der Waals surface area contributed by atoms with Gasteiger partial charge in [-0.25, -0.2) is 25.2 Å². The number of rotatable bonds is 10. The fourth-order valence-corrected chi connectivity index (χ4v) is 2.27. The Kier molecular flexibility index (Phi) is 7.58. The molecule has 28 heavy (non-hydrogen) atoms. The van der Waals surface area contributed by atoms with Crippen molar-refractivity contribution < 1.29 is 33.6 Å². The summed E-state index contributed by atoms with van der Waals surface area (Å²) in [6, 6.07) is 5.78. The first-order valence-corrected chi connectivity index (χ1v) is 8.69. The summed E-state index contributed by atoms with van der Waals surface area (Å²) in [6.07, 6.45) is 1.15. The number of carbonyl (C=O) groups is 2. The second-order valence-corrected chi connectivity index (χ2v) is 6.13. The number of nitrogens with zero attached hydrogens (tertiary/aromatic N) is 3. The molecule has 1 saturated heterocycles. The number of nitrogens with two attached hydrogens (primary N) is 1. The Morgan fingerprint density at radius 1 is 1.36 bits per heavy atom. The summed E-state index contributed by atoms with van der Waals surface area (Å²) >= 11 is 0. The zero-order valence-corrected chi connectivity index (χ0v) is 15.4. The van der Waals surface area contributed by atoms with E-state index in [0.717, 1.165) is 16.1 Å². The summed E-state index contributed by atoms with van der Waals surface area (Å²) in [5, 5.41) is 13.5. The molecule has 0 aromatic heterocycles. The predicted octanol–water partition coefficient (Wildman–Crippen LogP) is 1.32. The first kappa shape index (κ1) is 21.4. The maximum Gasteiger partial charge on any atom is 0.349 e. The van der Waals surface area contributed by atoms with E-state index < -0.39 is 27.3 Å². The zero-order chi connectivity index (χ0) is 20.7. The molecular formula is C15H18N5O7P. The Hall–Kier alpha value is -2.86. The monoisotopic (exact) mass is 411 g/mol. The lowest BCUT2D eigenvalue weighted by atomic mass is 10.2. The number of benzene rings is 1. The van der Waals surface area contributed by atoms with Crippen molar-refractivity contribution in [1.29, 1.82) is 0 Å². The highest BCUT2D eigenvalue weighted by Crippen LogP contribution is 2.30. The van der Waals surface area contributed by atoms with E-state index in [1.165, 1.54) is 0 Å². The van der Waals surface area contributed by atoms with Crippen LogP contribution >= 0.6 is 8.60 Å². The second-order valence-electron chi connectivity index (χ2n) is 5.19. The largest absolute Gasteiger partial charge is 0.456 e. The van der Waals surface area contributed by atoms with Gasteiger partial charge in [0.05, 0.1) is 11.9 Å². The molecule has 0 bridgehead atoms. The molecule has 13 heteroatoms. The number of allylic oxidation sites excluding steroid dienone is 1. The van der Waals surface area contributed by atoms with Gasteiger partial charge in [0.2, 0.25) is 0 Å². The molecular weight excluding hydrogens is 393 g/mol. The molecule has 150 valence electrons. The first-order chi connectivity index (χ1) is 13.3. The normalized spacial score (nSPS) is 15.2. The van der Waals surface area contributed by atoms with E-state index >= 15 is 0 Å². The van der Waals surface area contributed by atoms with Gasteiger partial charge >= 0.3 is 14.6 Å². The summed E-state index contributed by atoms with van der Waals surface area (Å²) in [7, 11) is -2.39. The Morgan fingerprint density at radius 2 is 2.04 bits per heavy atom. The Bertz CT molecular complexity index is 785. The van der Waals surface area contributed by atoms with Gasteiger partial charge in [0.15, 0.2) is 0 Å². The van der Waals surface area contributed by atoms with E-state index in [0.29, 0.717) is 11.3 Å². The van der Waals surface area contributed by atoms with Crippen molar-refractivity contribution >= 4 is 38.2 Å². The molecule has 2 rings (SSSR count). The summed E-state index contributed by atoms with van der Waals surface area (Å²) in [6.45, 7) is 6.54. The number of imide groups is 1. The third kappa shape index (κ3) is 5.57. The number of nitrogens with one attached hydrogen (secondary N) is 1. The molecule has 1 aromatic carbocycles. The van der Waals surface area contributed by atoms with Crippen molar-refractivity contribution in [3.05, 3.63) is 48.7 Å². The number of hydrogen-bond donors (Lipinski definition) is 4. The number of anilines is 1. The molecule has 3 amide bonds. The topological polar surface area (TPSA) is 159 Å². The van der Waals surface area contributed by atoms with Crippen molar-refractivity contribution in [3.63, 3.8) is 0 Å². The number of ether oxygens (including phenoxy) is 1. The number of urea groups is 1. The van der Waals surface area contributed by atoms with E-state index in [4.69, 9.17) is 25.3 Å². The molecule has 0 spiro atoms. The molecule has 1 aliphatic rings. The minimum Gasteiger partial charge on any atom is -0.456 e. The summed E-state index contributed by atoms with van der Waals surface area (Å²) in [5.41, 5.74) is 3.13. The molecule has 1 unspecified atom stereocenters. The molecule has 0 saturated carbocycles. The molecule has 1 atom stereocenters. The molecule has 1 aromatic rings. The van der Waals surface area contributed by atoms with Crippen LogP contribution in [-0.2, 0) is 18.7 Å². The van der Waals surface area contributed by atoms with Crippen molar-refractivity contribution in [1.82, 2.24) is 9.91 Å². The standard InChI is InChI=1S/C15H18N5O7P/c1-10(26-11(2)12-3-5-13(18-23)6-4-12)7-17-20-8-14(21)19(15(20)22)9-25-28(24)27-16/h3-7,18,23-24H,1-2,8-9,16H2/b17-7+.